The van der Waals surface area contributed by atoms with Gasteiger partial charge in [0.15, 0.2) is 5.17 Å². The van der Waals surface area contributed by atoms with Gasteiger partial charge in [0.25, 0.3) is 5.91 Å². The highest BCUT2D eigenvalue weighted by atomic mass is 32.2. The van der Waals surface area contributed by atoms with Crippen LogP contribution in [0.5, 0.6) is 0 Å². The number of rotatable bonds is 7. The van der Waals surface area contributed by atoms with E-state index in [9.17, 15) is 14.0 Å². The molecule has 8 heteroatoms. The van der Waals surface area contributed by atoms with E-state index in [2.05, 4.69) is 15.6 Å². The van der Waals surface area contributed by atoms with Crippen LogP contribution in [0.2, 0.25) is 0 Å². The molecule has 6 nitrogen and oxygen atoms in total. The zero-order valence-electron chi connectivity index (χ0n) is 19.3. The summed E-state index contributed by atoms with van der Waals surface area (Å²) in [6, 6.07) is 14.8. The fraction of sp³-hybridized carbons (Fsp3) is 0.269. The van der Waals surface area contributed by atoms with E-state index in [4.69, 9.17) is 0 Å². The van der Waals surface area contributed by atoms with Gasteiger partial charge in [0.05, 0.1) is 23.7 Å². The van der Waals surface area contributed by atoms with Crippen molar-refractivity contribution in [2.75, 3.05) is 11.9 Å². The maximum atomic E-state index is 13.7. The molecule has 0 radical (unpaired) electrons. The number of allylic oxidation sites excluding steroid dienone is 1. The fourth-order valence-electron chi connectivity index (χ4n) is 3.89. The van der Waals surface area contributed by atoms with E-state index in [0.717, 1.165) is 11.3 Å². The molecule has 0 fully saturated rings. The number of halogens is 1. The number of hydrogen-bond donors (Lipinski definition) is 2. The van der Waals surface area contributed by atoms with E-state index >= 15 is 0 Å². The second kappa shape index (κ2) is 10.3. The number of amidine groups is 1. The summed E-state index contributed by atoms with van der Waals surface area (Å²) in [5, 5.41) is 8.48. The lowest BCUT2D eigenvalue weighted by Gasteiger charge is -2.36. The molecule has 0 spiro atoms. The van der Waals surface area contributed by atoms with Crippen LogP contribution in [-0.2, 0) is 9.59 Å². The van der Waals surface area contributed by atoms with Crippen molar-refractivity contribution in [2.45, 2.75) is 33.2 Å². The monoisotopic (exact) mass is 478 g/mol. The minimum absolute atomic E-state index is 0.0961. The quantitative estimate of drug-likeness (QED) is 0.574. The Kier molecular flexibility index (Phi) is 7.17. The van der Waals surface area contributed by atoms with Gasteiger partial charge >= 0.3 is 0 Å². The summed E-state index contributed by atoms with van der Waals surface area (Å²) in [7, 11) is 0. The highest BCUT2D eigenvalue weighted by molar-refractivity contribution is 8.16. The molecule has 0 bridgehead atoms. The molecule has 0 aliphatic carbocycles. The standard InChI is InChI=1S/C26H27FN4O2S/c1-16(2)14-28-22(32)13-21-15-34-26-29-17(3)23(25(33)30-20-7-5-4-6-8-20)24(31(21)26)18-9-11-19(27)12-10-18/h4-12,15-16,24H,13-14H2,1-3H3,(H,28,32)(H,30,33)/t24-/m1/s1. The number of aliphatic imine (C=N–C) groups is 1. The molecule has 1 atom stereocenters. The number of nitrogens with one attached hydrogen (secondary N) is 2. The van der Waals surface area contributed by atoms with Crippen molar-refractivity contribution in [1.82, 2.24) is 10.2 Å². The summed E-state index contributed by atoms with van der Waals surface area (Å²) in [4.78, 5) is 32.7. The van der Waals surface area contributed by atoms with Crippen LogP contribution in [0.4, 0.5) is 10.1 Å². The van der Waals surface area contributed by atoms with Gasteiger partial charge in [0.2, 0.25) is 5.91 Å². The van der Waals surface area contributed by atoms with Crippen LogP contribution in [0.15, 0.2) is 82.0 Å². The van der Waals surface area contributed by atoms with Crippen molar-refractivity contribution in [3.05, 3.63) is 88.4 Å². The Morgan fingerprint density at radius 3 is 2.50 bits per heavy atom. The smallest absolute Gasteiger partial charge is 0.255 e. The first-order valence-electron chi connectivity index (χ1n) is 11.2. The molecule has 0 aromatic heterocycles. The van der Waals surface area contributed by atoms with E-state index in [0.29, 0.717) is 34.6 Å². The minimum Gasteiger partial charge on any atom is -0.356 e. The van der Waals surface area contributed by atoms with Gasteiger partial charge in [-0.3, -0.25) is 9.59 Å². The molecule has 2 heterocycles. The zero-order chi connectivity index (χ0) is 24.2. The van der Waals surface area contributed by atoms with E-state index in [1.54, 1.807) is 19.1 Å². The molecule has 0 unspecified atom stereocenters. The molecule has 2 N–H and O–H groups in total. The predicted molar refractivity (Wildman–Crippen MR) is 134 cm³/mol. The molecule has 0 saturated heterocycles. The van der Waals surface area contributed by atoms with E-state index in [-0.39, 0.29) is 24.1 Å². The lowest BCUT2D eigenvalue weighted by Crippen LogP contribution is -2.39. The van der Waals surface area contributed by atoms with Crippen LogP contribution < -0.4 is 10.6 Å². The summed E-state index contributed by atoms with van der Waals surface area (Å²) in [6.45, 7) is 6.46. The number of anilines is 1. The number of thioether (sulfide) groups is 1. The second-order valence-electron chi connectivity index (χ2n) is 8.64. The Hall–Kier alpha value is -3.39. The first-order valence-corrected chi connectivity index (χ1v) is 12.0. The van der Waals surface area contributed by atoms with Gasteiger partial charge < -0.3 is 15.5 Å². The van der Waals surface area contributed by atoms with Crippen molar-refractivity contribution in [3.63, 3.8) is 0 Å². The van der Waals surface area contributed by atoms with E-state index in [1.165, 1.54) is 23.9 Å². The van der Waals surface area contributed by atoms with Crippen LogP contribution >= 0.6 is 11.8 Å². The Morgan fingerprint density at radius 2 is 1.82 bits per heavy atom. The summed E-state index contributed by atoms with van der Waals surface area (Å²) < 4.78 is 13.7. The molecule has 34 heavy (non-hydrogen) atoms. The Labute approximate surface area is 203 Å². The SMILES string of the molecule is CC1=C(C(=O)Nc2ccccc2)[C@@H](c2ccc(F)cc2)N2C(CC(=O)NCC(C)C)=CSC2=N1. The molecule has 2 amide bonds. The molecule has 4 rings (SSSR count). The lowest BCUT2D eigenvalue weighted by atomic mass is 9.93. The normalized spacial score (nSPS) is 17.3. The highest BCUT2D eigenvalue weighted by Gasteiger charge is 2.40. The number of benzene rings is 2. The molecule has 2 aromatic carbocycles. The first kappa shape index (κ1) is 23.8. The first-order chi connectivity index (χ1) is 16.3. The van der Waals surface area contributed by atoms with Crippen molar-refractivity contribution in [1.29, 1.82) is 0 Å². The molecule has 2 aliphatic rings. The number of hydrogen-bond acceptors (Lipinski definition) is 5. The largest absolute Gasteiger partial charge is 0.356 e. The summed E-state index contributed by atoms with van der Waals surface area (Å²) in [6.07, 6.45) is 0.156. The number of carbonyl (C=O) groups is 2. The Balaban J connectivity index is 1.69. The number of para-hydroxylation sites is 1. The minimum atomic E-state index is -0.545. The third-order valence-electron chi connectivity index (χ3n) is 5.51. The molecule has 2 aliphatic heterocycles. The van der Waals surface area contributed by atoms with Crippen LogP contribution in [0, 0.1) is 11.7 Å². The topological polar surface area (TPSA) is 73.8 Å². The number of fused-ring (bicyclic) bond motifs is 1. The number of amides is 2. The Bertz CT molecular complexity index is 1170. The predicted octanol–water partition coefficient (Wildman–Crippen LogP) is 5.20. The molecular weight excluding hydrogens is 451 g/mol. The zero-order valence-corrected chi connectivity index (χ0v) is 20.2. The summed E-state index contributed by atoms with van der Waals surface area (Å²) >= 11 is 1.42. The van der Waals surface area contributed by atoms with Crippen molar-refractivity contribution in [2.24, 2.45) is 10.9 Å². The van der Waals surface area contributed by atoms with Crippen LogP contribution in [-0.4, -0.2) is 28.4 Å². The average molecular weight is 479 g/mol. The summed E-state index contributed by atoms with van der Waals surface area (Å²) in [5.41, 5.74) is 3.19. The van der Waals surface area contributed by atoms with Crippen molar-refractivity contribution < 1.29 is 14.0 Å². The lowest BCUT2D eigenvalue weighted by molar-refractivity contribution is -0.120. The van der Waals surface area contributed by atoms with Gasteiger partial charge in [0.1, 0.15) is 5.82 Å². The van der Waals surface area contributed by atoms with Gasteiger partial charge in [0, 0.05) is 17.9 Å². The van der Waals surface area contributed by atoms with Crippen LogP contribution in [0.1, 0.15) is 38.8 Å². The summed E-state index contributed by atoms with van der Waals surface area (Å²) in [5.74, 6) is -0.402. The number of carbonyl (C=O) groups excluding carboxylic acids is 2. The van der Waals surface area contributed by atoms with Gasteiger partial charge in [-0.25, -0.2) is 9.38 Å². The van der Waals surface area contributed by atoms with E-state index < -0.39 is 6.04 Å². The third kappa shape index (κ3) is 5.22. The number of nitrogens with zero attached hydrogens (tertiary/aromatic N) is 2. The van der Waals surface area contributed by atoms with Gasteiger partial charge in [-0.05, 0) is 48.1 Å². The highest BCUT2D eigenvalue weighted by Crippen LogP contribution is 2.44. The fourth-order valence-corrected chi connectivity index (χ4v) is 4.85. The van der Waals surface area contributed by atoms with Gasteiger partial charge in [-0.1, -0.05) is 55.9 Å². The molecular formula is C26H27FN4O2S. The maximum Gasteiger partial charge on any atom is 0.255 e. The maximum absolute atomic E-state index is 13.7. The molecule has 2 aromatic rings. The van der Waals surface area contributed by atoms with E-state index in [1.807, 2.05) is 54.5 Å². The van der Waals surface area contributed by atoms with Crippen LogP contribution in [0.3, 0.4) is 0 Å². The average Bonchev–Trinajstić information content (AvgIpc) is 3.19. The van der Waals surface area contributed by atoms with Gasteiger partial charge in [-0.15, -0.1) is 0 Å². The third-order valence-corrected chi connectivity index (χ3v) is 6.40. The van der Waals surface area contributed by atoms with Crippen molar-refractivity contribution in [3.8, 4) is 0 Å². The Morgan fingerprint density at radius 1 is 1.12 bits per heavy atom. The molecule has 176 valence electrons. The van der Waals surface area contributed by atoms with Crippen LogP contribution in [0.25, 0.3) is 0 Å². The second-order valence-corrected chi connectivity index (χ2v) is 9.48. The van der Waals surface area contributed by atoms with Crippen molar-refractivity contribution >= 4 is 34.4 Å². The molecule has 0 saturated carbocycles. The van der Waals surface area contributed by atoms with Gasteiger partial charge in [-0.2, -0.15) is 0 Å².